The van der Waals surface area contributed by atoms with Crippen LogP contribution in [0.5, 0.6) is 5.75 Å². The van der Waals surface area contributed by atoms with Gasteiger partial charge in [0.1, 0.15) is 18.2 Å². The molecule has 0 atom stereocenters. The third-order valence-corrected chi connectivity index (χ3v) is 4.20. The molecule has 1 aliphatic rings. The van der Waals surface area contributed by atoms with Crippen molar-refractivity contribution in [2.24, 2.45) is 0 Å². The molecule has 0 saturated carbocycles. The first-order valence-corrected chi connectivity index (χ1v) is 7.83. The molecule has 0 spiro atoms. The molecule has 128 valence electrons. The van der Waals surface area contributed by atoms with Crippen LogP contribution in [0.1, 0.15) is 16.7 Å². The number of likely N-dealkylation sites (N-methyl/N-ethyl adjacent to an activating group) is 1. The van der Waals surface area contributed by atoms with E-state index in [4.69, 9.17) is 4.74 Å². The minimum absolute atomic E-state index is 0.225. The lowest BCUT2D eigenvalue weighted by atomic mass is 10.1. The Hall–Kier alpha value is -2.41. The second kappa shape index (κ2) is 6.60. The highest BCUT2D eigenvalue weighted by Crippen LogP contribution is 2.33. The molecule has 0 unspecified atom stereocenters. The molecule has 1 aliphatic heterocycles. The van der Waals surface area contributed by atoms with Crippen LogP contribution in [-0.4, -0.2) is 42.3 Å². The minimum atomic E-state index is -0.273. The summed E-state index contributed by atoms with van der Waals surface area (Å²) >= 11 is 0. The molecule has 2 aromatic rings. The maximum Gasteiger partial charge on any atom is 0.269 e. The third-order valence-electron chi connectivity index (χ3n) is 4.20. The Kier molecular flexibility index (Phi) is 4.53. The lowest BCUT2D eigenvalue weighted by Gasteiger charge is -2.18. The Morgan fingerprint density at radius 2 is 2.17 bits per heavy atom. The van der Waals surface area contributed by atoms with Gasteiger partial charge < -0.3 is 14.5 Å². The molecule has 1 aromatic carbocycles. The van der Waals surface area contributed by atoms with Crippen molar-refractivity contribution in [1.29, 1.82) is 0 Å². The summed E-state index contributed by atoms with van der Waals surface area (Å²) in [6.07, 6.45) is 1.61. The summed E-state index contributed by atoms with van der Waals surface area (Å²) in [6, 6.07) is 3.31. The summed E-state index contributed by atoms with van der Waals surface area (Å²) in [7, 11) is 3.92. The number of aromatic amines is 1. The van der Waals surface area contributed by atoms with E-state index in [1.807, 2.05) is 30.0 Å². The van der Waals surface area contributed by atoms with Gasteiger partial charge in [0.25, 0.3) is 5.56 Å². The largest absolute Gasteiger partial charge is 0.492 e. The Morgan fingerprint density at radius 1 is 1.38 bits per heavy atom. The Morgan fingerprint density at radius 3 is 2.92 bits per heavy atom. The lowest BCUT2D eigenvalue weighted by molar-refractivity contribution is 0.260. The number of benzene rings is 1. The van der Waals surface area contributed by atoms with Crippen LogP contribution in [0.3, 0.4) is 0 Å². The summed E-state index contributed by atoms with van der Waals surface area (Å²) < 4.78 is 20.0. The summed E-state index contributed by atoms with van der Waals surface area (Å²) in [5.74, 6) is 0.265. The molecule has 1 aromatic heterocycles. The van der Waals surface area contributed by atoms with Gasteiger partial charge in [0.2, 0.25) is 0 Å². The van der Waals surface area contributed by atoms with Crippen LogP contribution in [0.4, 0.5) is 10.1 Å². The van der Waals surface area contributed by atoms with Gasteiger partial charge in [-0.3, -0.25) is 4.79 Å². The van der Waals surface area contributed by atoms with Gasteiger partial charge in [-0.25, -0.2) is 9.49 Å². The molecule has 0 saturated heterocycles. The Labute approximate surface area is 139 Å². The van der Waals surface area contributed by atoms with Crippen molar-refractivity contribution >= 4 is 5.69 Å². The van der Waals surface area contributed by atoms with Gasteiger partial charge in [-0.05, 0) is 32.6 Å². The number of aromatic nitrogens is 2. The standard InChI is InChI=1S/C17H21FN4O2/c1-11-16(8-19-20-17(11)23)22-9-12-6-13(24-5-4-21(2)3)7-15(18)14(12)10-22/h6-8H,4-5,9-10H2,1-3H3,(H,20,23). The fraction of sp³-hybridized carbons (Fsp3) is 0.412. The maximum atomic E-state index is 14.4. The van der Waals surface area contributed by atoms with Crippen molar-refractivity contribution in [2.75, 3.05) is 32.1 Å². The van der Waals surface area contributed by atoms with Crippen LogP contribution in [0.2, 0.25) is 0 Å². The van der Waals surface area contributed by atoms with Gasteiger partial charge in [-0.15, -0.1) is 0 Å². The molecule has 24 heavy (non-hydrogen) atoms. The second-order valence-corrected chi connectivity index (χ2v) is 6.26. The fourth-order valence-electron chi connectivity index (χ4n) is 2.80. The molecule has 2 heterocycles. The number of fused-ring (bicyclic) bond motifs is 1. The molecule has 0 fully saturated rings. The van der Waals surface area contributed by atoms with Gasteiger partial charge in [0.15, 0.2) is 0 Å². The number of H-pyrrole nitrogens is 1. The van der Waals surface area contributed by atoms with Crippen molar-refractivity contribution in [1.82, 2.24) is 15.1 Å². The molecule has 0 radical (unpaired) electrons. The molecule has 1 N–H and O–H groups in total. The van der Waals surface area contributed by atoms with E-state index in [-0.39, 0.29) is 11.4 Å². The zero-order chi connectivity index (χ0) is 17.3. The minimum Gasteiger partial charge on any atom is -0.492 e. The number of anilines is 1. The monoisotopic (exact) mass is 332 g/mol. The van der Waals surface area contributed by atoms with Crippen molar-refractivity contribution in [3.63, 3.8) is 0 Å². The molecule has 0 bridgehead atoms. The van der Waals surface area contributed by atoms with E-state index < -0.39 is 0 Å². The lowest BCUT2D eigenvalue weighted by Crippen LogP contribution is -2.21. The molecular formula is C17H21FN4O2. The van der Waals surface area contributed by atoms with E-state index in [0.29, 0.717) is 36.6 Å². The predicted molar refractivity (Wildman–Crippen MR) is 89.9 cm³/mol. The molecule has 3 rings (SSSR count). The van der Waals surface area contributed by atoms with Crippen molar-refractivity contribution in [3.05, 3.63) is 51.2 Å². The normalized spacial score (nSPS) is 13.5. The SMILES string of the molecule is Cc1c(N2Cc3cc(OCCN(C)C)cc(F)c3C2)cn[nH]c1=O. The molecule has 0 amide bonds. The Balaban J connectivity index is 1.80. The highest BCUT2D eigenvalue weighted by Gasteiger charge is 2.25. The number of nitrogens with one attached hydrogen (secondary N) is 1. The van der Waals surface area contributed by atoms with Crippen LogP contribution in [0.15, 0.2) is 23.1 Å². The van der Waals surface area contributed by atoms with Crippen LogP contribution in [0.25, 0.3) is 0 Å². The quantitative estimate of drug-likeness (QED) is 0.903. The number of ether oxygens (including phenoxy) is 1. The molecular weight excluding hydrogens is 311 g/mol. The van der Waals surface area contributed by atoms with Gasteiger partial charge >= 0.3 is 0 Å². The van der Waals surface area contributed by atoms with Crippen LogP contribution in [-0.2, 0) is 13.1 Å². The first-order valence-electron chi connectivity index (χ1n) is 7.83. The van der Waals surface area contributed by atoms with E-state index in [0.717, 1.165) is 17.8 Å². The van der Waals surface area contributed by atoms with Crippen LogP contribution >= 0.6 is 0 Å². The topological polar surface area (TPSA) is 61.5 Å². The van der Waals surface area contributed by atoms with E-state index >= 15 is 0 Å². The number of rotatable bonds is 5. The second-order valence-electron chi connectivity index (χ2n) is 6.26. The molecule has 7 heteroatoms. The van der Waals surface area contributed by atoms with Gasteiger partial charge in [-0.2, -0.15) is 5.10 Å². The first-order chi connectivity index (χ1) is 11.5. The van der Waals surface area contributed by atoms with Gasteiger partial charge in [0, 0.05) is 36.8 Å². The first kappa shape index (κ1) is 16.4. The highest BCUT2D eigenvalue weighted by atomic mass is 19.1. The maximum absolute atomic E-state index is 14.4. The third kappa shape index (κ3) is 3.26. The fourth-order valence-corrected chi connectivity index (χ4v) is 2.80. The van der Waals surface area contributed by atoms with Crippen molar-refractivity contribution < 1.29 is 9.13 Å². The zero-order valence-corrected chi connectivity index (χ0v) is 14.1. The zero-order valence-electron chi connectivity index (χ0n) is 14.1. The molecule has 6 nitrogen and oxygen atoms in total. The number of halogens is 1. The average Bonchev–Trinajstić information content (AvgIpc) is 2.94. The predicted octanol–water partition coefficient (Wildman–Crippen LogP) is 1.68. The average molecular weight is 332 g/mol. The summed E-state index contributed by atoms with van der Waals surface area (Å²) in [5.41, 5.74) is 2.62. The van der Waals surface area contributed by atoms with Crippen molar-refractivity contribution in [3.8, 4) is 5.75 Å². The smallest absolute Gasteiger partial charge is 0.269 e. The molecule has 0 aliphatic carbocycles. The van der Waals surface area contributed by atoms with E-state index in [9.17, 15) is 9.18 Å². The van der Waals surface area contributed by atoms with Gasteiger partial charge in [0.05, 0.1) is 11.9 Å². The van der Waals surface area contributed by atoms with Crippen molar-refractivity contribution in [2.45, 2.75) is 20.0 Å². The van der Waals surface area contributed by atoms with Crippen LogP contribution in [0, 0.1) is 12.7 Å². The summed E-state index contributed by atoms with van der Waals surface area (Å²) in [6.45, 7) is 3.97. The van der Waals surface area contributed by atoms with E-state index in [1.54, 1.807) is 13.1 Å². The highest BCUT2D eigenvalue weighted by molar-refractivity contribution is 5.55. The van der Waals surface area contributed by atoms with E-state index in [2.05, 4.69) is 10.2 Å². The van der Waals surface area contributed by atoms with Crippen LogP contribution < -0.4 is 15.2 Å². The number of hydrogen-bond acceptors (Lipinski definition) is 5. The number of nitrogens with zero attached hydrogens (tertiary/aromatic N) is 3. The Bertz CT molecular complexity index is 804. The van der Waals surface area contributed by atoms with Gasteiger partial charge in [-0.1, -0.05) is 0 Å². The number of hydrogen-bond donors (Lipinski definition) is 1. The summed E-state index contributed by atoms with van der Waals surface area (Å²) in [5, 5.41) is 6.25. The summed E-state index contributed by atoms with van der Waals surface area (Å²) in [4.78, 5) is 15.7. The van der Waals surface area contributed by atoms with E-state index in [1.165, 1.54) is 6.07 Å².